The number of hydrogen-bond donors (Lipinski definition) is 1. The van der Waals surface area contributed by atoms with Gasteiger partial charge in [0.1, 0.15) is 5.75 Å². The summed E-state index contributed by atoms with van der Waals surface area (Å²) in [5.74, 6) is 0.471. The van der Waals surface area contributed by atoms with Gasteiger partial charge in [0, 0.05) is 27.9 Å². The van der Waals surface area contributed by atoms with Crippen molar-refractivity contribution in [3.63, 3.8) is 0 Å². The summed E-state index contributed by atoms with van der Waals surface area (Å²) in [4.78, 5) is 18.1. The number of thiazole rings is 1. The maximum absolute atomic E-state index is 12.9. The molecular formula is C19H14ClN3O2S. The molecule has 0 radical (unpaired) electrons. The molecule has 7 heteroatoms. The number of hydrogen-bond acceptors (Lipinski definition) is 4. The number of ether oxygens (including phenoxy) is 1. The number of imidazole rings is 1. The molecule has 0 bridgehead atoms. The number of aromatic nitrogens is 2. The highest BCUT2D eigenvalue weighted by atomic mass is 35.5. The van der Waals surface area contributed by atoms with Gasteiger partial charge < -0.3 is 10.1 Å². The summed E-state index contributed by atoms with van der Waals surface area (Å²) in [6, 6.07) is 14.6. The molecule has 0 saturated carbocycles. The van der Waals surface area contributed by atoms with Crippen molar-refractivity contribution in [2.75, 3.05) is 12.4 Å². The average molecular weight is 384 g/mol. The Kier molecular flexibility index (Phi) is 4.36. The van der Waals surface area contributed by atoms with E-state index in [4.69, 9.17) is 16.3 Å². The largest absolute Gasteiger partial charge is 0.497 e. The first-order valence-electron chi connectivity index (χ1n) is 7.82. The Morgan fingerprint density at radius 2 is 2.04 bits per heavy atom. The molecule has 26 heavy (non-hydrogen) atoms. The number of carbonyl (C=O) groups is 1. The van der Waals surface area contributed by atoms with Gasteiger partial charge >= 0.3 is 0 Å². The number of rotatable bonds is 4. The minimum absolute atomic E-state index is 0.283. The third kappa shape index (κ3) is 3.05. The molecule has 1 N–H and O–H groups in total. The quantitative estimate of drug-likeness (QED) is 0.541. The van der Waals surface area contributed by atoms with Crippen molar-refractivity contribution in [3.8, 4) is 17.0 Å². The minimum Gasteiger partial charge on any atom is -0.497 e. The lowest BCUT2D eigenvalue weighted by atomic mass is 10.1. The second-order valence-electron chi connectivity index (χ2n) is 5.56. The second kappa shape index (κ2) is 6.82. The third-order valence-electron chi connectivity index (χ3n) is 3.92. The molecule has 0 fully saturated rings. The number of fused-ring (bicyclic) bond motifs is 1. The van der Waals surface area contributed by atoms with Crippen LogP contribution in [0.1, 0.15) is 10.5 Å². The van der Waals surface area contributed by atoms with Crippen LogP contribution in [0, 0.1) is 0 Å². The Bertz CT molecular complexity index is 1090. The van der Waals surface area contributed by atoms with Crippen LogP contribution in [-0.2, 0) is 0 Å². The van der Waals surface area contributed by atoms with Gasteiger partial charge in [0.2, 0.25) is 0 Å². The lowest BCUT2D eigenvalue weighted by Gasteiger charge is -2.07. The van der Waals surface area contributed by atoms with Gasteiger partial charge in [-0.1, -0.05) is 17.7 Å². The molecular weight excluding hydrogens is 370 g/mol. The van der Waals surface area contributed by atoms with Crippen LogP contribution in [-0.4, -0.2) is 22.4 Å². The SMILES string of the molecule is COc1ccc(-c2c(C(=O)Nc3cccc(Cl)c3)nc3sccn23)cc1. The van der Waals surface area contributed by atoms with E-state index in [1.807, 2.05) is 40.2 Å². The Morgan fingerprint density at radius 3 is 2.77 bits per heavy atom. The van der Waals surface area contributed by atoms with Gasteiger partial charge in [-0.2, -0.15) is 0 Å². The van der Waals surface area contributed by atoms with E-state index in [1.54, 1.807) is 31.4 Å². The molecule has 4 aromatic rings. The maximum Gasteiger partial charge on any atom is 0.276 e. The van der Waals surface area contributed by atoms with Crippen LogP contribution in [0.2, 0.25) is 5.02 Å². The van der Waals surface area contributed by atoms with Crippen LogP contribution in [0.4, 0.5) is 5.69 Å². The van der Waals surface area contributed by atoms with Crippen molar-refractivity contribution < 1.29 is 9.53 Å². The Balaban J connectivity index is 1.77. The highest BCUT2D eigenvalue weighted by Crippen LogP contribution is 2.29. The lowest BCUT2D eigenvalue weighted by Crippen LogP contribution is -2.13. The molecule has 0 spiro atoms. The first-order valence-corrected chi connectivity index (χ1v) is 9.08. The lowest BCUT2D eigenvalue weighted by molar-refractivity contribution is 0.102. The average Bonchev–Trinajstić information content (AvgIpc) is 3.23. The number of nitrogens with one attached hydrogen (secondary N) is 1. The highest BCUT2D eigenvalue weighted by Gasteiger charge is 2.21. The molecule has 0 aliphatic heterocycles. The number of benzene rings is 2. The van der Waals surface area contributed by atoms with E-state index in [0.29, 0.717) is 16.4 Å². The van der Waals surface area contributed by atoms with Crippen LogP contribution in [0.25, 0.3) is 16.2 Å². The topological polar surface area (TPSA) is 55.6 Å². The fourth-order valence-corrected chi connectivity index (χ4v) is 3.63. The van der Waals surface area contributed by atoms with E-state index in [0.717, 1.165) is 22.0 Å². The molecule has 2 aromatic carbocycles. The molecule has 0 atom stereocenters. The first-order chi connectivity index (χ1) is 12.7. The summed E-state index contributed by atoms with van der Waals surface area (Å²) in [6.07, 6.45) is 1.91. The van der Waals surface area contributed by atoms with Crippen LogP contribution >= 0.6 is 22.9 Å². The van der Waals surface area contributed by atoms with Gasteiger partial charge in [0.15, 0.2) is 10.7 Å². The first kappa shape index (κ1) is 16.6. The highest BCUT2D eigenvalue weighted by molar-refractivity contribution is 7.15. The minimum atomic E-state index is -0.283. The third-order valence-corrected chi connectivity index (χ3v) is 4.91. The monoisotopic (exact) mass is 383 g/mol. The number of methoxy groups -OCH3 is 1. The smallest absolute Gasteiger partial charge is 0.276 e. The number of carbonyl (C=O) groups excluding carboxylic acids is 1. The summed E-state index contributed by atoms with van der Waals surface area (Å²) in [5, 5.41) is 5.36. The van der Waals surface area contributed by atoms with Crippen molar-refractivity contribution in [1.82, 2.24) is 9.38 Å². The van der Waals surface area contributed by atoms with Gasteiger partial charge in [-0.3, -0.25) is 9.20 Å². The van der Waals surface area contributed by atoms with Crippen molar-refractivity contribution in [3.05, 3.63) is 70.8 Å². The number of halogens is 1. The molecule has 2 heterocycles. The number of anilines is 1. The van der Waals surface area contributed by atoms with E-state index in [9.17, 15) is 4.79 Å². The molecule has 2 aromatic heterocycles. The normalized spacial score (nSPS) is 10.8. The fourth-order valence-electron chi connectivity index (χ4n) is 2.73. The van der Waals surface area contributed by atoms with Crippen LogP contribution in [0.5, 0.6) is 5.75 Å². The summed E-state index contributed by atoms with van der Waals surface area (Å²) in [6.45, 7) is 0. The Hall–Kier alpha value is -2.83. The van der Waals surface area contributed by atoms with Crippen molar-refractivity contribution in [2.24, 2.45) is 0 Å². The summed E-state index contributed by atoms with van der Waals surface area (Å²) >= 11 is 7.47. The van der Waals surface area contributed by atoms with E-state index < -0.39 is 0 Å². The summed E-state index contributed by atoms with van der Waals surface area (Å²) in [5.41, 5.74) is 2.61. The zero-order valence-electron chi connectivity index (χ0n) is 13.8. The standard InChI is InChI=1S/C19H14ClN3O2S/c1-25-15-7-5-12(6-8-15)17-16(22-19-23(17)9-10-26-19)18(24)21-14-4-2-3-13(20)11-14/h2-11H,1H3,(H,21,24). The van der Waals surface area contributed by atoms with Gasteiger partial charge in [0.05, 0.1) is 12.8 Å². The molecule has 0 aliphatic carbocycles. The predicted octanol–water partition coefficient (Wildman–Crippen LogP) is 4.98. The van der Waals surface area contributed by atoms with Gasteiger partial charge in [-0.15, -0.1) is 11.3 Å². The molecule has 1 amide bonds. The predicted molar refractivity (Wildman–Crippen MR) is 104 cm³/mol. The summed E-state index contributed by atoms with van der Waals surface area (Å²) < 4.78 is 7.13. The van der Waals surface area contributed by atoms with Crippen LogP contribution in [0.3, 0.4) is 0 Å². The maximum atomic E-state index is 12.9. The molecule has 4 rings (SSSR count). The van der Waals surface area contributed by atoms with E-state index >= 15 is 0 Å². The van der Waals surface area contributed by atoms with E-state index in [2.05, 4.69) is 10.3 Å². The molecule has 130 valence electrons. The zero-order chi connectivity index (χ0) is 18.1. The molecule has 5 nitrogen and oxygen atoms in total. The molecule has 0 unspecified atom stereocenters. The van der Waals surface area contributed by atoms with Gasteiger partial charge in [-0.05, 0) is 42.5 Å². The van der Waals surface area contributed by atoms with Crippen LogP contribution < -0.4 is 10.1 Å². The van der Waals surface area contributed by atoms with Crippen molar-refractivity contribution in [2.45, 2.75) is 0 Å². The van der Waals surface area contributed by atoms with Gasteiger partial charge in [-0.25, -0.2) is 4.98 Å². The number of nitrogens with zero attached hydrogens (tertiary/aromatic N) is 2. The van der Waals surface area contributed by atoms with Crippen LogP contribution in [0.15, 0.2) is 60.1 Å². The Labute approximate surface area is 158 Å². The van der Waals surface area contributed by atoms with Crippen molar-refractivity contribution in [1.29, 1.82) is 0 Å². The van der Waals surface area contributed by atoms with E-state index in [-0.39, 0.29) is 5.91 Å². The molecule has 0 saturated heterocycles. The Morgan fingerprint density at radius 1 is 1.23 bits per heavy atom. The van der Waals surface area contributed by atoms with E-state index in [1.165, 1.54) is 11.3 Å². The molecule has 0 aliphatic rings. The second-order valence-corrected chi connectivity index (χ2v) is 6.87. The zero-order valence-corrected chi connectivity index (χ0v) is 15.3. The number of amides is 1. The van der Waals surface area contributed by atoms with Crippen molar-refractivity contribution >= 4 is 39.5 Å². The summed E-state index contributed by atoms with van der Waals surface area (Å²) in [7, 11) is 1.62. The van der Waals surface area contributed by atoms with Gasteiger partial charge in [0.25, 0.3) is 5.91 Å². The fraction of sp³-hybridized carbons (Fsp3) is 0.0526.